The first-order chi connectivity index (χ1) is 6.63. The summed E-state index contributed by atoms with van der Waals surface area (Å²) in [5.41, 5.74) is 0. The minimum Gasteiger partial charge on any atom is -0.316 e. The molecule has 14 heavy (non-hydrogen) atoms. The number of nitrogens with one attached hydrogen (secondary N) is 1. The number of rotatable bonds is 8. The van der Waals surface area contributed by atoms with Crippen LogP contribution in [-0.4, -0.2) is 38.1 Å². The van der Waals surface area contributed by atoms with Gasteiger partial charge in [0.05, 0.1) is 0 Å². The third-order valence-corrected chi connectivity index (χ3v) is 2.90. The van der Waals surface area contributed by atoms with Gasteiger partial charge in [0, 0.05) is 19.1 Å². The van der Waals surface area contributed by atoms with Crippen LogP contribution < -0.4 is 5.32 Å². The largest absolute Gasteiger partial charge is 0.316 e. The topological polar surface area (TPSA) is 15.3 Å². The van der Waals surface area contributed by atoms with Crippen molar-refractivity contribution in [2.24, 2.45) is 5.92 Å². The van der Waals surface area contributed by atoms with E-state index in [4.69, 9.17) is 0 Å². The van der Waals surface area contributed by atoms with E-state index in [1.165, 1.54) is 32.4 Å². The third kappa shape index (κ3) is 6.39. The van der Waals surface area contributed by atoms with Crippen LogP contribution in [0.15, 0.2) is 0 Å². The quantitative estimate of drug-likeness (QED) is 0.647. The highest BCUT2D eigenvalue weighted by Crippen LogP contribution is 2.04. The molecule has 2 atom stereocenters. The average molecular weight is 200 g/mol. The summed E-state index contributed by atoms with van der Waals surface area (Å²) in [6, 6.07) is 0.661. The Balaban J connectivity index is 3.71. The molecule has 0 aromatic rings. The van der Waals surface area contributed by atoms with Crippen LogP contribution in [0.4, 0.5) is 0 Å². The highest BCUT2D eigenvalue weighted by Gasteiger charge is 2.10. The Morgan fingerprint density at radius 3 is 2.29 bits per heavy atom. The fraction of sp³-hybridized carbons (Fsp3) is 1.00. The van der Waals surface area contributed by atoms with E-state index in [9.17, 15) is 0 Å². The standard InChI is InChI=1S/C12H28N2/c1-6-8-12(13-4)10-14(5)9-11(3)7-2/h11-13H,6-10H2,1-5H3. The molecule has 0 fully saturated rings. The lowest BCUT2D eigenvalue weighted by molar-refractivity contribution is 0.250. The molecule has 2 heteroatoms. The lowest BCUT2D eigenvalue weighted by Gasteiger charge is -2.25. The van der Waals surface area contributed by atoms with Crippen molar-refractivity contribution in [3.8, 4) is 0 Å². The van der Waals surface area contributed by atoms with E-state index in [-0.39, 0.29) is 0 Å². The Labute approximate surface area is 90.1 Å². The highest BCUT2D eigenvalue weighted by atomic mass is 15.1. The van der Waals surface area contributed by atoms with Gasteiger partial charge in [0.2, 0.25) is 0 Å². The molecule has 0 saturated carbocycles. The predicted molar refractivity (Wildman–Crippen MR) is 64.7 cm³/mol. The summed E-state index contributed by atoms with van der Waals surface area (Å²) in [6.07, 6.45) is 3.83. The van der Waals surface area contributed by atoms with Gasteiger partial charge in [0.1, 0.15) is 0 Å². The van der Waals surface area contributed by atoms with Crippen LogP contribution in [0.5, 0.6) is 0 Å². The van der Waals surface area contributed by atoms with Crippen LogP contribution in [0.1, 0.15) is 40.0 Å². The maximum atomic E-state index is 3.38. The zero-order chi connectivity index (χ0) is 11.0. The van der Waals surface area contributed by atoms with E-state index in [0.717, 1.165) is 5.92 Å². The summed E-state index contributed by atoms with van der Waals surface area (Å²) in [5, 5.41) is 3.38. The fourth-order valence-electron chi connectivity index (χ4n) is 1.79. The van der Waals surface area contributed by atoms with Crippen LogP contribution in [0.2, 0.25) is 0 Å². The zero-order valence-electron chi connectivity index (χ0n) is 10.6. The minimum absolute atomic E-state index is 0.661. The molecular weight excluding hydrogens is 172 g/mol. The predicted octanol–water partition coefficient (Wildman–Crippen LogP) is 2.35. The third-order valence-electron chi connectivity index (χ3n) is 2.90. The maximum absolute atomic E-state index is 3.38. The van der Waals surface area contributed by atoms with Gasteiger partial charge in [-0.2, -0.15) is 0 Å². The molecule has 0 heterocycles. The number of hydrogen-bond donors (Lipinski definition) is 1. The smallest absolute Gasteiger partial charge is 0.0191 e. The molecule has 0 amide bonds. The molecule has 0 bridgehead atoms. The Bertz CT molecular complexity index is 125. The molecule has 2 nitrogen and oxygen atoms in total. The molecule has 0 saturated heterocycles. The Morgan fingerprint density at radius 2 is 1.86 bits per heavy atom. The molecule has 0 rings (SSSR count). The minimum atomic E-state index is 0.661. The molecule has 0 aliphatic carbocycles. The van der Waals surface area contributed by atoms with Crippen LogP contribution in [0.25, 0.3) is 0 Å². The molecule has 0 aromatic carbocycles. The van der Waals surface area contributed by atoms with Gasteiger partial charge in [0.15, 0.2) is 0 Å². The zero-order valence-corrected chi connectivity index (χ0v) is 10.6. The SMILES string of the molecule is CCCC(CN(C)CC(C)CC)NC. The van der Waals surface area contributed by atoms with Crippen LogP contribution in [-0.2, 0) is 0 Å². The Hall–Kier alpha value is -0.0800. The average Bonchev–Trinajstić information content (AvgIpc) is 2.16. The van der Waals surface area contributed by atoms with Crippen molar-refractivity contribution in [2.75, 3.05) is 27.2 Å². The van der Waals surface area contributed by atoms with E-state index in [1.54, 1.807) is 0 Å². The van der Waals surface area contributed by atoms with Crippen LogP contribution in [0, 0.1) is 5.92 Å². The van der Waals surface area contributed by atoms with Crippen LogP contribution >= 0.6 is 0 Å². The molecular formula is C12H28N2. The lowest BCUT2D eigenvalue weighted by atomic mass is 10.1. The highest BCUT2D eigenvalue weighted by molar-refractivity contribution is 4.69. The van der Waals surface area contributed by atoms with E-state index < -0.39 is 0 Å². The molecule has 1 N–H and O–H groups in total. The van der Waals surface area contributed by atoms with Crippen molar-refractivity contribution in [3.05, 3.63) is 0 Å². The molecule has 0 aliphatic rings. The van der Waals surface area contributed by atoms with Crippen molar-refractivity contribution in [3.63, 3.8) is 0 Å². The lowest BCUT2D eigenvalue weighted by Crippen LogP contribution is -2.39. The first-order valence-electron chi connectivity index (χ1n) is 5.99. The normalized spacial score (nSPS) is 15.9. The number of nitrogens with zero attached hydrogens (tertiary/aromatic N) is 1. The van der Waals surface area contributed by atoms with Gasteiger partial charge in [-0.05, 0) is 26.4 Å². The second-order valence-electron chi connectivity index (χ2n) is 4.51. The van der Waals surface area contributed by atoms with E-state index in [2.05, 4.69) is 45.1 Å². The van der Waals surface area contributed by atoms with Crippen molar-refractivity contribution < 1.29 is 0 Å². The van der Waals surface area contributed by atoms with Gasteiger partial charge in [-0.1, -0.05) is 33.6 Å². The van der Waals surface area contributed by atoms with Gasteiger partial charge in [-0.15, -0.1) is 0 Å². The Kier molecular flexibility index (Phi) is 8.20. The van der Waals surface area contributed by atoms with Crippen molar-refractivity contribution in [2.45, 2.75) is 46.1 Å². The first-order valence-corrected chi connectivity index (χ1v) is 5.99. The molecule has 0 aliphatic heterocycles. The second-order valence-corrected chi connectivity index (χ2v) is 4.51. The molecule has 2 unspecified atom stereocenters. The van der Waals surface area contributed by atoms with E-state index in [1.807, 2.05) is 0 Å². The molecule has 0 radical (unpaired) electrons. The van der Waals surface area contributed by atoms with Gasteiger partial charge in [-0.25, -0.2) is 0 Å². The van der Waals surface area contributed by atoms with Gasteiger partial charge in [0.25, 0.3) is 0 Å². The van der Waals surface area contributed by atoms with Gasteiger partial charge >= 0.3 is 0 Å². The first kappa shape index (κ1) is 13.9. The van der Waals surface area contributed by atoms with Crippen molar-refractivity contribution in [1.82, 2.24) is 10.2 Å². The summed E-state index contributed by atoms with van der Waals surface area (Å²) in [7, 11) is 4.30. The summed E-state index contributed by atoms with van der Waals surface area (Å²) in [5.74, 6) is 0.819. The van der Waals surface area contributed by atoms with E-state index in [0.29, 0.717) is 6.04 Å². The van der Waals surface area contributed by atoms with Crippen molar-refractivity contribution in [1.29, 1.82) is 0 Å². The van der Waals surface area contributed by atoms with Gasteiger partial charge < -0.3 is 10.2 Å². The molecule has 0 aromatic heterocycles. The number of hydrogen-bond acceptors (Lipinski definition) is 2. The summed E-state index contributed by atoms with van der Waals surface area (Å²) in [4.78, 5) is 2.45. The van der Waals surface area contributed by atoms with Crippen LogP contribution in [0.3, 0.4) is 0 Å². The fourth-order valence-corrected chi connectivity index (χ4v) is 1.79. The maximum Gasteiger partial charge on any atom is 0.0191 e. The van der Waals surface area contributed by atoms with E-state index >= 15 is 0 Å². The molecule has 0 spiro atoms. The second kappa shape index (κ2) is 8.25. The summed E-state index contributed by atoms with van der Waals surface area (Å²) < 4.78 is 0. The monoisotopic (exact) mass is 200 g/mol. The summed E-state index contributed by atoms with van der Waals surface area (Å²) >= 11 is 0. The Morgan fingerprint density at radius 1 is 1.21 bits per heavy atom. The van der Waals surface area contributed by atoms with Gasteiger partial charge in [-0.3, -0.25) is 0 Å². The van der Waals surface area contributed by atoms with Crippen molar-refractivity contribution >= 4 is 0 Å². The molecule has 86 valence electrons. The number of likely N-dealkylation sites (N-methyl/N-ethyl adjacent to an activating group) is 2. The summed E-state index contributed by atoms with van der Waals surface area (Å²) in [6.45, 7) is 9.23.